The molecule has 0 spiro atoms. The lowest BCUT2D eigenvalue weighted by Crippen LogP contribution is -2.49. The molecule has 0 saturated carbocycles. The van der Waals surface area contributed by atoms with E-state index in [2.05, 4.69) is 9.44 Å². The Morgan fingerprint density at radius 2 is 1.96 bits per heavy atom. The molecule has 9 heteroatoms. The van der Waals surface area contributed by atoms with Crippen molar-refractivity contribution in [1.82, 2.24) is 14.3 Å². The smallest absolute Gasteiger partial charge is 0.327 e. The number of methoxy groups -OCH3 is 1. The van der Waals surface area contributed by atoms with Gasteiger partial charge in [-0.25, -0.2) is 13.9 Å². The SMILES string of the molecule is CNS(=O)(=O)NC1CCN([C@@H](C(=O)OC)c2ccccc2F)CC1. The van der Waals surface area contributed by atoms with Gasteiger partial charge in [0.2, 0.25) is 0 Å². The maximum atomic E-state index is 14.1. The van der Waals surface area contributed by atoms with E-state index in [1.54, 1.807) is 18.2 Å². The number of likely N-dealkylation sites (tertiary alicyclic amines) is 1. The molecule has 0 amide bonds. The van der Waals surface area contributed by atoms with E-state index in [0.717, 1.165) is 0 Å². The van der Waals surface area contributed by atoms with Crippen LogP contribution in [0.15, 0.2) is 24.3 Å². The van der Waals surface area contributed by atoms with E-state index in [9.17, 15) is 17.6 Å². The number of nitrogens with one attached hydrogen (secondary N) is 2. The minimum Gasteiger partial charge on any atom is -0.468 e. The summed E-state index contributed by atoms with van der Waals surface area (Å²) in [6.07, 6.45) is 1.03. The van der Waals surface area contributed by atoms with Crippen LogP contribution in [0.2, 0.25) is 0 Å². The van der Waals surface area contributed by atoms with Crippen LogP contribution in [-0.2, 0) is 19.7 Å². The number of nitrogens with zero attached hydrogens (tertiary/aromatic N) is 1. The molecule has 0 bridgehead atoms. The van der Waals surface area contributed by atoms with Crippen LogP contribution < -0.4 is 9.44 Å². The first-order chi connectivity index (χ1) is 11.4. The number of ether oxygens (including phenoxy) is 1. The third-order valence-corrected chi connectivity index (χ3v) is 5.29. The quantitative estimate of drug-likeness (QED) is 0.725. The Morgan fingerprint density at radius 1 is 1.33 bits per heavy atom. The topological polar surface area (TPSA) is 87.7 Å². The summed E-state index contributed by atoms with van der Waals surface area (Å²) in [7, 11) is -0.903. The van der Waals surface area contributed by atoms with Gasteiger partial charge in [-0.05, 0) is 18.9 Å². The van der Waals surface area contributed by atoms with Gasteiger partial charge in [0.15, 0.2) is 0 Å². The Bertz CT molecular complexity index is 675. The molecule has 1 heterocycles. The van der Waals surface area contributed by atoms with Crippen LogP contribution in [0.3, 0.4) is 0 Å². The molecule has 1 saturated heterocycles. The summed E-state index contributed by atoms with van der Waals surface area (Å²) < 4.78 is 46.8. The highest BCUT2D eigenvalue weighted by molar-refractivity contribution is 7.87. The second kappa shape index (κ2) is 8.02. The average molecular weight is 359 g/mol. The zero-order chi connectivity index (χ0) is 17.7. The first kappa shape index (κ1) is 18.8. The Balaban J connectivity index is 2.11. The van der Waals surface area contributed by atoms with Crippen LogP contribution in [0.1, 0.15) is 24.4 Å². The van der Waals surface area contributed by atoms with Crippen molar-refractivity contribution in [3.05, 3.63) is 35.6 Å². The molecule has 134 valence electrons. The number of halogens is 1. The van der Waals surface area contributed by atoms with E-state index in [1.807, 2.05) is 4.90 Å². The fourth-order valence-electron chi connectivity index (χ4n) is 2.84. The van der Waals surface area contributed by atoms with Crippen LogP contribution in [-0.4, -0.2) is 52.6 Å². The average Bonchev–Trinajstić information content (AvgIpc) is 2.58. The molecule has 1 aromatic carbocycles. The van der Waals surface area contributed by atoms with Crippen LogP contribution in [0, 0.1) is 5.82 Å². The molecule has 1 aromatic rings. The maximum Gasteiger partial charge on any atom is 0.327 e. The molecular weight excluding hydrogens is 337 g/mol. The number of hydrogen-bond donors (Lipinski definition) is 2. The molecule has 0 aromatic heterocycles. The van der Waals surface area contributed by atoms with Crippen molar-refractivity contribution in [2.24, 2.45) is 0 Å². The number of hydrogen-bond acceptors (Lipinski definition) is 5. The van der Waals surface area contributed by atoms with Crippen molar-refractivity contribution in [1.29, 1.82) is 0 Å². The van der Waals surface area contributed by atoms with Crippen LogP contribution in [0.5, 0.6) is 0 Å². The zero-order valence-electron chi connectivity index (χ0n) is 13.7. The summed E-state index contributed by atoms with van der Waals surface area (Å²) >= 11 is 0. The second-order valence-electron chi connectivity index (χ2n) is 5.58. The third kappa shape index (κ3) is 4.50. The van der Waals surface area contributed by atoms with Crippen LogP contribution in [0.4, 0.5) is 4.39 Å². The summed E-state index contributed by atoms with van der Waals surface area (Å²) in [5.74, 6) is -1.000. The second-order valence-corrected chi connectivity index (χ2v) is 7.23. The number of carbonyl (C=O) groups is 1. The molecule has 2 rings (SSSR count). The summed E-state index contributed by atoms with van der Waals surface area (Å²) in [6.45, 7) is 0.899. The summed E-state index contributed by atoms with van der Waals surface area (Å²) in [5.41, 5.74) is 0.263. The lowest BCUT2D eigenvalue weighted by molar-refractivity contribution is -0.148. The van der Waals surface area contributed by atoms with Gasteiger partial charge < -0.3 is 4.74 Å². The van der Waals surface area contributed by atoms with Gasteiger partial charge >= 0.3 is 5.97 Å². The van der Waals surface area contributed by atoms with Crippen LogP contribution in [0.25, 0.3) is 0 Å². The Labute approximate surface area is 141 Å². The number of carbonyl (C=O) groups excluding carboxylic acids is 1. The summed E-state index contributed by atoms with van der Waals surface area (Å²) in [6, 6.07) is 5.04. The van der Waals surface area contributed by atoms with Crippen molar-refractivity contribution in [2.75, 3.05) is 27.2 Å². The highest BCUT2D eigenvalue weighted by atomic mass is 32.2. The van der Waals surface area contributed by atoms with Crippen molar-refractivity contribution in [3.8, 4) is 0 Å². The molecule has 7 nitrogen and oxygen atoms in total. The molecule has 1 aliphatic heterocycles. The molecule has 1 atom stereocenters. The first-order valence-electron chi connectivity index (χ1n) is 7.65. The maximum absolute atomic E-state index is 14.1. The van der Waals surface area contributed by atoms with E-state index < -0.39 is 28.0 Å². The minimum atomic E-state index is -3.51. The monoisotopic (exact) mass is 359 g/mol. The van der Waals surface area contributed by atoms with Gasteiger partial charge in [-0.3, -0.25) is 4.90 Å². The molecule has 2 N–H and O–H groups in total. The lowest BCUT2D eigenvalue weighted by Gasteiger charge is -2.36. The van der Waals surface area contributed by atoms with Gasteiger partial charge in [-0.15, -0.1) is 0 Å². The van der Waals surface area contributed by atoms with Gasteiger partial charge in [0.1, 0.15) is 11.9 Å². The normalized spacial score (nSPS) is 18.3. The Kier molecular flexibility index (Phi) is 6.27. The number of esters is 1. The first-order valence-corrected chi connectivity index (χ1v) is 9.13. The molecule has 0 radical (unpaired) electrons. The minimum absolute atomic E-state index is 0.224. The van der Waals surface area contributed by atoms with Gasteiger partial charge in [0.05, 0.1) is 7.11 Å². The number of benzene rings is 1. The van der Waals surface area contributed by atoms with Crippen LogP contribution >= 0.6 is 0 Å². The van der Waals surface area contributed by atoms with E-state index >= 15 is 0 Å². The predicted octanol–water partition coefficient (Wildman–Crippen LogP) is 0.558. The summed E-state index contributed by atoms with van der Waals surface area (Å²) in [4.78, 5) is 14.0. The van der Waals surface area contributed by atoms with Gasteiger partial charge in [0, 0.05) is 31.7 Å². The van der Waals surface area contributed by atoms with Crippen molar-refractivity contribution >= 4 is 16.2 Å². The molecule has 1 fully saturated rings. The predicted molar refractivity (Wildman–Crippen MR) is 86.9 cm³/mol. The van der Waals surface area contributed by atoms with E-state index in [1.165, 1.54) is 20.2 Å². The highest BCUT2D eigenvalue weighted by Crippen LogP contribution is 2.28. The largest absolute Gasteiger partial charge is 0.468 e. The van der Waals surface area contributed by atoms with Gasteiger partial charge in [-0.2, -0.15) is 13.1 Å². The third-order valence-electron chi connectivity index (χ3n) is 4.11. The molecule has 0 unspecified atom stereocenters. The fourth-order valence-corrected chi connectivity index (χ4v) is 3.63. The Hall–Kier alpha value is -1.55. The van der Waals surface area contributed by atoms with Crippen molar-refractivity contribution in [2.45, 2.75) is 24.9 Å². The standard InChI is InChI=1S/C15H22FN3O4S/c1-17-24(21,22)18-11-7-9-19(10-8-11)14(15(20)23-2)12-5-3-4-6-13(12)16/h3-6,11,14,17-18H,7-10H2,1-2H3/t14-/m1/s1. The Morgan fingerprint density at radius 3 is 2.50 bits per heavy atom. The van der Waals surface area contributed by atoms with E-state index in [0.29, 0.717) is 25.9 Å². The van der Waals surface area contributed by atoms with E-state index in [4.69, 9.17) is 4.74 Å². The van der Waals surface area contributed by atoms with Crippen molar-refractivity contribution in [3.63, 3.8) is 0 Å². The number of rotatable bonds is 6. The highest BCUT2D eigenvalue weighted by Gasteiger charge is 2.34. The zero-order valence-corrected chi connectivity index (χ0v) is 14.5. The fraction of sp³-hybridized carbons (Fsp3) is 0.533. The van der Waals surface area contributed by atoms with Crippen molar-refractivity contribution < 1.29 is 22.3 Å². The number of piperidine rings is 1. The van der Waals surface area contributed by atoms with Gasteiger partial charge in [-0.1, -0.05) is 18.2 Å². The summed E-state index contributed by atoms with van der Waals surface area (Å²) in [5, 5.41) is 0. The molecule has 1 aliphatic rings. The lowest BCUT2D eigenvalue weighted by atomic mass is 9.99. The molecule has 24 heavy (non-hydrogen) atoms. The molecule has 0 aliphatic carbocycles. The van der Waals surface area contributed by atoms with Gasteiger partial charge in [0.25, 0.3) is 10.2 Å². The molecular formula is C15H22FN3O4S. The van der Waals surface area contributed by atoms with E-state index in [-0.39, 0.29) is 11.6 Å².